The van der Waals surface area contributed by atoms with E-state index >= 15 is 0 Å². The van der Waals surface area contributed by atoms with Crippen LogP contribution >= 0.6 is 0 Å². The van der Waals surface area contributed by atoms with Crippen LogP contribution in [0.15, 0.2) is 0 Å². The van der Waals surface area contributed by atoms with Gasteiger partial charge in [0.15, 0.2) is 12.0 Å². The third-order valence-electron chi connectivity index (χ3n) is 1.62. The van der Waals surface area contributed by atoms with Crippen molar-refractivity contribution in [3.05, 3.63) is 17.7 Å². The SMILES string of the molecule is CCCc1c(F)[c]nn1CC. The van der Waals surface area contributed by atoms with Crippen LogP contribution in [0.25, 0.3) is 0 Å². The number of rotatable bonds is 3. The Hall–Kier alpha value is -0.860. The summed E-state index contributed by atoms with van der Waals surface area (Å²) < 4.78 is 14.5. The fourth-order valence-corrected chi connectivity index (χ4v) is 1.08. The van der Waals surface area contributed by atoms with Gasteiger partial charge in [-0.2, -0.15) is 5.10 Å². The van der Waals surface area contributed by atoms with Crippen molar-refractivity contribution in [2.45, 2.75) is 33.2 Å². The lowest BCUT2D eigenvalue weighted by Crippen LogP contribution is -2.03. The van der Waals surface area contributed by atoms with Gasteiger partial charge in [0.25, 0.3) is 0 Å². The van der Waals surface area contributed by atoms with Crippen LogP contribution in [0.1, 0.15) is 26.0 Å². The maximum Gasteiger partial charge on any atom is 0.174 e. The first-order valence-corrected chi connectivity index (χ1v) is 3.92. The van der Waals surface area contributed by atoms with Crippen LogP contribution in [0, 0.1) is 12.0 Å². The van der Waals surface area contributed by atoms with E-state index in [0.717, 1.165) is 19.4 Å². The van der Waals surface area contributed by atoms with Gasteiger partial charge in [0.2, 0.25) is 0 Å². The Bertz CT molecular complexity index is 230. The van der Waals surface area contributed by atoms with Gasteiger partial charge in [-0.25, -0.2) is 4.39 Å². The second-order valence-electron chi connectivity index (χ2n) is 2.44. The number of hydrogen-bond donors (Lipinski definition) is 0. The fourth-order valence-electron chi connectivity index (χ4n) is 1.08. The minimum atomic E-state index is -0.297. The first-order chi connectivity index (χ1) is 5.29. The molecule has 0 spiro atoms. The molecule has 0 amide bonds. The average Bonchev–Trinajstić information content (AvgIpc) is 2.34. The molecule has 1 heterocycles. The Labute approximate surface area is 66.0 Å². The summed E-state index contributed by atoms with van der Waals surface area (Å²) in [6.07, 6.45) is 4.01. The van der Waals surface area contributed by atoms with Crippen molar-refractivity contribution in [3.63, 3.8) is 0 Å². The zero-order valence-corrected chi connectivity index (χ0v) is 6.89. The molecule has 0 aliphatic heterocycles. The van der Waals surface area contributed by atoms with E-state index in [1.807, 2.05) is 13.8 Å². The predicted molar refractivity (Wildman–Crippen MR) is 40.7 cm³/mol. The highest BCUT2D eigenvalue weighted by Crippen LogP contribution is 2.07. The minimum Gasteiger partial charge on any atom is -0.266 e. The highest BCUT2D eigenvalue weighted by molar-refractivity contribution is 5.02. The quantitative estimate of drug-likeness (QED) is 0.650. The van der Waals surface area contributed by atoms with Crippen LogP contribution < -0.4 is 0 Å². The maximum atomic E-state index is 12.8. The first kappa shape index (κ1) is 8.24. The summed E-state index contributed by atoms with van der Waals surface area (Å²) in [5.74, 6) is -0.297. The molecule has 0 atom stereocenters. The molecule has 61 valence electrons. The number of aryl methyl sites for hydroxylation is 1. The van der Waals surface area contributed by atoms with E-state index < -0.39 is 0 Å². The summed E-state index contributed by atoms with van der Waals surface area (Å²) in [6, 6.07) is 0. The van der Waals surface area contributed by atoms with Crippen molar-refractivity contribution in [3.8, 4) is 0 Å². The lowest BCUT2D eigenvalue weighted by atomic mass is 10.2. The van der Waals surface area contributed by atoms with Crippen molar-refractivity contribution in [1.82, 2.24) is 9.78 Å². The van der Waals surface area contributed by atoms with Gasteiger partial charge in [0.05, 0.1) is 5.69 Å². The zero-order valence-electron chi connectivity index (χ0n) is 6.89. The van der Waals surface area contributed by atoms with Crippen LogP contribution in [0.4, 0.5) is 4.39 Å². The van der Waals surface area contributed by atoms with Crippen LogP contribution in [0.3, 0.4) is 0 Å². The second-order valence-corrected chi connectivity index (χ2v) is 2.44. The van der Waals surface area contributed by atoms with Gasteiger partial charge < -0.3 is 0 Å². The predicted octanol–water partition coefficient (Wildman–Crippen LogP) is 1.79. The number of aromatic nitrogens is 2. The first-order valence-electron chi connectivity index (χ1n) is 3.92. The topological polar surface area (TPSA) is 17.8 Å². The van der Waals surface area contributed by atoms with Gasteiger partial charge >= 0.3 is 0 Å². The molecule has 0 aliphatic carbocycles. The molecule has 3 heteroatoms. The highest BCUT2D eigenvalue weighted by Gasteiger charge is 2.07. The molecule has 0 fully saturated rings. The van der Waals surface area contributed by atoms with Crippen LogP contribution in [0.2, 0.25) is 0 Å². The van der Waals surface area contributed by atoms with Gasteiger partial charge in [-0.1, -0.05) is 13.3 Å². The average molecular weight is 155 g/mol. The summed E-state index contributed by atoms with van der Waals surface area (Å²) >= 11 is 0. The van der Waals surface area contributed by atoms with Crippen molar-refractivity contribution < 1.29 is 4.39 Å². The molecule has 1 aromatic rings. The molecule has 0 aromatic carbocycles. The van der Waals surface area contributed by atoms with Crippen molar-refractivity contribution >= 4 is 0 Å². The standard InChI is InChI=1S/C8H12FN2/c1-3-5-8-7(9)6-10-11(8)4-2/h3-5H2,1-2H3. The van der Waals surface area contributed by atoms with Gasteiger partial charge in [-0.3, -0.25) is 4.68 Å². The van der Waals surface area contributed by atoms with Crippen molar-refractivity contribution in [2.24, 2.45) is 0 Å². The summed E-state index contributed by atoms with van der Waals surface area (Å²) in [5.41, 5.74) is 0.676. The molecule has 0 unspecified atom stereocenters. The lowest BCUT2D eigenvalue weighted by Gasteiger charge is -2.01. The molecule has 0 bridgehead atoms. The summed E-state index contributed by atoms with van der Waals surface area (Å²) in [4.78, 5) is 0. The summed E-state index contributed by atoms with van der Waals surface area (Å²) in [5, 5.41) is 3.77. The molecule has 0 aliphatic rings. The van der Waals surface area contributed by atoms with Gasteiger partial charge in [0, 0.05) is 6.54 Å². The van der Waals surface area contributed by atoms with E-state index in [1.54, 1.807) is 4.68 Å². The van der Waals surface area contributed by atoms with Gasteiger partial charge in [-0.15, -0.1) is 0 Å². The van der Waals surface area contributed by atoms with E-state index in [4.69, 9.17) is 0 Å². The van der Waals surface area contributed by atoms with Gasteiger partial charge in [-0.05, 0) is 13.3 Å². The maximum absolute atomic E-state index is 12.8. The lowest BCUT2D eigenvalue weighted by molar-refractivity contribution is 0.569. The third kappa shape index (κ3) is 1.59. The van der Waals surface area contributed by atoms with Gasteiger partial charge in [0.1, 0.15) is 0 Å². The second kappa shape index (κ2) is 3.51. The number of halogens is 1. The largest absolute Gasteiger partial charge is 0.266 e. The normalized spacial score (nSPS) is 10.5. The Morgan fingerprint density at radius 3 is 2.82 bits per heavy atom. The molecule has 1 radical (unpaired) electrons. The van der Waals surface area contributed by atoms with Crippen LogP contribution in [-0.2, 0) is 13.0 Å². The van der Waals surface area contributed by atoms with E-state index in [1.165, 1.54) is 0 Å². The molecule has 1 rings (SSSR count). The third-order valence-corrected chi connectivity index (χ3v) is 1.62. The Balaban J connectivity index is 2.88. The Morgan fingerprint density at radius 2 is 2.27 bits per heavy atom. The molecule has 2 nitrogen and oxygen atoms in total. The van der Waals surface area contributed by atoms with Crippen LogP contribution in [0.5, 0.6) is 0 Å². The minimum absolute atomic E-state index is 0.297. The van der Waals surface area contributed by atoms with E-state index in [2.05, 4.69) is 11.3 Å². The van der Waals surface area contributed by atoms with E-state index in [9.17, 15) is 4.39 Å². The fraction of sp³-hybridized carbons (Fsp3) is 0.625. The molecular weight excluding hydrogens is 143 g/mol. The van der Waals surface area contributed by atoms with Crippen molar-refractivity contribution in [1.29, 1.82) is 0 Å². The van der Waals surface area contributed by atoms with Crippen molar-refractivity contribution in [2.75, 3.05) is 0 Å². The van der Waals surface area contributed by atoms with Crippen LogP contribution in [-0.4, -0.2) is 9.78 Å². The van der Waals surface area contributed by atoms with E-state index in [-0.39, 0.29) is 5.82 Å². The van der Waals surface area contributed by atoms with E-state index in [0.29, 0.717) is 5.69 Å². The zero-order chi connectivity index (χ0) is 8.27. The smallest absolute Gasteiger partial charge is 0.174 e. The molecule has 11 heavy (non-hydrogen) atoms. The Kier molecular flexibility index (Phi) is 2.63. The number of hydrogen-bond acceptors (Lipinski definition) is 1. The molecule has 0 saturated carbocycles. The number of nitrogens with zero attached hydrogens (tertiary/aromatic N) is 2. The molecule has 0 saturated heterocycles. The summed E-state index contributed by atoms with van der Waals surface area (Å²) in [6.45, 7) is 4.68. The molecule has 0 N–H and O–H groups in total. The monoisotopic (exact) mass is 155 g/mol. The molecule has 1 aromatic heterocycles. The molecular formula is C8H12FN2. The summed E-state index contributed by atoms with van der Waals surface area (Å²) in [7, 11) is 0. The highest BCUT2D eigenvalue weighted by atomic mass is 19.1. The Morgan fingerprint density at radius 1 is 1.55 bits per heavy atom.